The van der Waals surface area contributed by atoms with Gasteiger partial charge in [-0.15, -0.1) is 0 Å². The van der Waals surface area contributed by atoms with Crippen LogP contribution in [0.3, 0.4) is 0 Å². The molecule has 0 unspecified atom stereocenters. The summed E-state index contributed by atoms with van der Waals surface area (Å²) in [4.78, 5) is 11.6. The first-order chi connectivity index (χ1) is 11.1. The van der Waals surface area contributed by atoms with Crippen LogP contribution < -0.4 is 9.47 Å². The number of benzene rings is 2. The summed E-state index contributed by atoms with van der Waals surface area (Å²) in [5.41, 5.74) is 3.09. The number of carbonyl (C=O) groups is 1. The maximum atomic E-state index is 11.6. The Balaban J connectivity index is 1.93. The van der Waals surface area contributed by atoms with Gasteiger partial charge in [0.15, 0.2) is 0 Å². The summed E-state index contributed by atoms with van der Waals surface area (Å²) in [5.74, 6) is 0.845. The molecule has 120 valence electrons. The number of rotatable bonds is 6. The van der Waals surface area contributed by atoms with Crippen LogP contribution in [0.15, 0.2) is 36.4 Å². The topological polar surface area (TPSA) is 55.8 Å². The van der Waals surface area contributed by atoms with Gasteiger partial charge in [0.25, 0.3) is 0 Å². The highest BCUT2D eigenvalue weighted by molar-refractivity contribution is 5.93. The molecule has 4 heteroatoms. The molecule has 2 aromatic carbocycles. The van der Waals surface area contributed by atoms with Crippen LogP contribution in [0.1, 0.15) is 28.8 Å². The largest absolute Gasteiger partial charge is 0.497 e. The SMILES string of the molecule is COc1ccc(-c2ccc(OCC3CC3)c(C(=O)O)c2)c(C)c1. The van der Waals surface area contributed by atoms with Crippen LogP contribution in [0.4, 0.5) is 0 Å². The Morgan fingerprint density at radius 1 is 1.22 bits per heavy atom. The lowest BCUT2D eigenvalue weighted by Gasteiger charge is -2.12. The second kappa shape index (κ2) is 6.32. The molecule has 1 saturated carbocycles. The minimum atomic E-state index is -0.969. The fraction of sp³-hybridized carbons (Fsp3) is 0.316. The predicted molar refractivity (Wildman–Crippen MR) is 88.3 cm³/mol. The summed E-state index contributed by atoms with van der Waals surface area (Å²) < 4.78 is 10.9. The number of hydrogen-bond acceptors (Lipinski definition) is 3. The van der Waals surface area contributed by atoms with Crippen molar-refractivity contribution >= 4 is 5.97 Å². The molecule has 0 atom stereocenters. The number of carboxylic acid groups (broad SMARTS) is 1. The maximum Gasteiger partial charge on any atom is 0.339 e. The number of hydrogen-bond donors (Lipinski definition) is 1. The van der Waals surface area contributed by atoms with Gasteiger partial charge >= 0.3 is 5.97 Å². The minimum Gasteiger partial charge on any atom is -0.497 e. The molecule has 2 aromatic rings. The van der Waals surface area contributed by atoms with Gasteiger partial charge in [-0.3, -0.25) is 0 Å². The lowest BCUT2D eigenvalue weighted by Crippen LogP contribution is -2.06. The number of methoxy groups -OCH3 is 1. The van der Waals surface area contributed by atoms with Crippen molar-refractivity contribution < 1.29 is 19.4 Å². The molecule has 1 N–H and O–H groups in total. The highest BCUT2D eigenvalue weighted by Gasteiger charge is 2.23. The van der Waals surface area contributed by atoms with Crippen molar-refractivity contribution in [2.45, 2.75) is 19.8 Å². The van der Waals surface area contributed by atoms with Gasteiger partial charge in [0.05, 0.1) is 13.7 Å². The predicted octanol–water partition coefficient (Wildman–Crippen LogP) is 4.16. The summed E-state index contributed by atoms with van der Waals surface area (Å²) in [6.45, 7) is 2.58. The molecular formula is C19H20O4. The Morgan fingerprint density at radius 3 is 2.61 bits per heavy atom. The number of ether oxygens (including phenoxy) is 2. The van der Waals surface area contributed by atoms with E-state index in [1.807, 2.05) is 31.2 Å². The molecule has 0 radical (unpaired) electrons. The molecule has 23 heavy (non-hydrogen) atoms. The highest BCUT2D eigenvalue weighted by Crippen LogP contribution is 2.33. The number of aryl methyl sites for hydroxylation is 1. The standard InChI is InChI=1S/C19H20O4/c1-12-9-15(22-2)6-7-16(12)14-5-8-18(17(10-14)19(20)21)23-11-13-3-4-13/h5-10,13H,3-4,11H2,1-2H3,(H,20,21). The summed E-state index contributed by atoms with van der Waals surface area (Å²) in [6.07, 6.45) is 2.34. The Bertz CT molecular complexity index is 732. The Kier molecular flexibility index (Phi) is 4.24. The second-order valence-electron chi connectivity index (χ2n) is 5.95. The van der Waals surface area contributed by atoms with Crippen LogP contribution >= 0.6 is 0 Å². The van der Waals surface area contributed by atoms with Gasteiger partial charge in [-0.05, 0) is 66.6 Å². The number of aromatic carboxylic acids is 1. The Labute approximate surface area is 135 Å². The third kappa shape index (κ3) is 3.47. The van der Waals surface area contributed by atoms with E-state index in [1.165, 1.54) is 12.8 Å². The second-order valence-corrected chi connectivity index (χ2v) is 5.95. The van der Waals surface area contributed by atoms with E-state index in [0.717, 1.165) is 22.4 Å². The maximum absolute atomic E-state index is 11.6. The van der Waals surface area contributed by atoms with E-state index in [1.54, 1.807) is 19.2 Å². The van der Waals surface area contributed by atoms with Crippen molar-refractivity contribution in [3.05, 3.63) is 47.5 Å². The first-order valence-corrected chi connectivity index (χ1v) is 7.73. The quantitative estimate of drug-likeness (QED) is 0.870. The third-order valence-corrected chi connectivity index (χ3v) is 4.13. The van der Waals surface area contributed by atoms with Gasteiger partial charge in [0, 0.05) is 0 Å². The highest BCUT2D eigenvalue weighted by atomic mass is 16.5. The molecule has 1 aliphatic rings. The van der Waals surface area contributed by atoms with Crippen LogP contribution in [0.25, 0.3) is 11.1 Å². The summed E-state index contributed by atoms with van der Waals surface area (Å²) in [7, 11) is 1.63. The molecule has 4 nitrogen and oxygen atoms in total. The van der Waals surface area contributed by atoms with Crippen LogP contribution in [-0.2, 0) is 0 Å². The molecule has 0 aromatic heterocycles. The van der Waals surface area contributed by atoms with E-state index in [4.69, 9.17) is 9.47 Å². The van der Waals surface area contributed by atoms with Gasteiger partial charge in [-0.25, -0.2) is 4.79 Å². The lowest BCUT2D eigenvalue weighted by atomic mass is 9.98. The lowest BCUT2D eigenvalue weighted by molar-refractivity contribution is 0.0692. The molecule has 0 bridgehead atoms. The fourth-order valence-corrected chi connectivity index (χ4v) is 2.57. The molecule has 1 fully saturated rings. The summed E-state index contributed by atoms with van der Waals surface area (Å²) in [6, 6.07) is 11.1. The van der Waals surface area contributed by atoms with E-state index < -0.39 is 5.97 Å². The van der Waals surface area contributed by atoms with Crippen molar-refractivity contribution in [3.8, 4) is 22.6 Å². The zero-order chi connectivity index (χ0) is 16.4. The van der Waals surface area contributed by atoms with Gasteiger partial charge in [-0.2, -0.15) is 0 Å². The van der Waals surface area contributed by atoms with Crippen LogP contribution in [0.2, 0.25) is 0 Å². The molecular weight excluding hydrogens is 292 g/mol. The molecule has 0 saturated heterocycles. The van der Waals surface area contributed by atoms with Crippen LogP contribution in [0.5, 0.6) is 11.5 Å². The van der Waals surface area contributed by atoms with Crippen LogP contribution in [0, 0.1) is 12.8 Å². The van der Waals surface area contributed by atoms with Crippen molar-refractivity contribution in [2.75, 3.05) is 13.7 Å². The average molecular weight is 312 g/mol. The monoisotopic (exact) mass is 312 g/mol. The Hall–Kier alpha value is -2.49. The van der Waals surface area contributed by atoms with Gasteiger partial charge in [0.2, 0.25) is 0 Å². The van der Waals surface area contributed by atoms with Crippen molar-refractivity contribution in [2.24, 2.45) is 5.92 Å². The first kappa shape index (κ1) is 15.4. The van der Waals surface area contributed by atoms with Crippen molar-refractivity contribution in [1.82, 2.24) is 0 Å². The first-order valence-electron chi connectivity index (χ1n) is 7.73. The van der Waals surface area contributed by atoms with E-state index in [0.29, 0.717) is 18.3 Å². The minimum absolute atomic E-state index is 0.207. The zero-order valence-corrected chi connectivity index (χ0v) is 13.3. The smallest absolute Gasteiger partial charge is 0.339 e. The molecule has 0 spiro atoms. The van der Waals surface area contributed by atoms with Gasteiger partial charge in [-0.1, -0.05) is 12.1 Å². The van der Waals surface area contributed by atoms with Crippen molar-refractivity contribution in [3.63, 3.8) is 0 Å². The third-order valence-electron chi connectivity index (χ3n) is 4.13. The summed E-state index contributed by atoms with van der Waals surface area (Å²) >= 11 is 0. The average Bonchev–Trinajstić information content (AvgIpc) is 3.37. The zero-order valence-electron chi connectivity index (χ0n) is 13.3. The molecule has 0 heterocycles. The molecule has 3 rings (SSSR count). The normalized spacial score (nSPS) is 13.7. The molecule has 1 aliphatic carbocycles. The van der Waals surface area contributed by atoms with Crippen molar-refractivity contribution in [1.29, 1.82) is 0 Å². The number of carboxylic acids is 1. The molecule has 0 aliphatic heterocycles. The molecule has 0 amide bonds. The van der Waals surface area contributed by atoms with E-state index in [-0.39, 0.29) is 5.56 Å². The van der Waals surface area contributed by atoms with Crippen LogP contribution in [-0.4, -0.2) is 24.8 Å². The van der Waals surface area contributed by atoms with E-state index in [2.05, 4.69) is 0 Å². The Morgan fingerprint density at radius 2 is 2.00 bits per heavy atom. The van der Waals surface area contributed by atoms with E-state index >= 15 is 0 Å². The fourth-order valence-electron chi connectivity index (χ4n) is 2.57. The summed E-state index contributed by atoms with van der Waals surface area (Å²) in [5, 5.41) is 9.47. The van der Waals surface area contributed by atoms with Gasteiger partial charge in [0.1, 0.15) is 17.1 Å². The van der Waals surface area contributed by atoms with E-state index in [9.17, 15) is 9.90 Å². The van der Waals surface area contributed by atoms with Gasteiger partial charge < -0.3 is 14.6 Å².